The fourth-order valence-corrected chi connectivity index (χ4v) is 5.80. The summed E-state index contributed by atoms with van der Waals surface area (Å²) in [4.78, 5) is 28.2. The fourth-order valence-electron chi connectivity index (χ4n) is 5.80. The van der Waals surface area contributed by atoms with Gasteiger partial charge >= 0.3 is 0 Å². The molecule has 4 unspecified atom stereocenters. The molecule has 0 aromatic heterocycles. The van der Waals surface area contributed by atoms with E-state index in [-0.39, 0.29) is 17.5 Å². The average molecular weight is 443 g/mol. The van der Waals surface area contributed by atoms with Crippen molar-refractivity contribution < 1.29 is 14.7 Å². The van der Waals surface area contributed by atoms with E-state index in [2.05, 4.69) is 45.9 Å². The average Bonchev–Trinajstić information content (AvgIpc) is 2.66. The second-order valence-electron chi connectivity index (χ2n) is 12.1. The molecule has 2 rings (SSSR count). The molecule has 2 aliphatic rings. The number of allylic oxidation sites excluding steroid dienone is 6. The molecule has 4 atom stereocenters. The molecule has 180 valence electrons. The molecular formula is C29H46O3. The van der Waals surface area contributed by atoms with Crippen molar-refractivity contribution in [2.45, 2.75) is 112 Å². The molecule has 0 amide bonds. The lowest BCUT2D eigenvalue weighted by molar-refractivity contribution is -0.166. The van der Waals surface area contributed by atoms with Crippen molar-refractivity contribution in [3.63, 3.8) is 0 Å². The Morgan fingerprint density at radius 2 is 1.47 bits per heavy atom. The number of hydrogen-bond donors (Lipinski definition) is 1. The van der Waals surface area contributed by atoms with Gasteiger partial charge in [0.2, 0.25) is 0 Å². The Morgan fingerprint density at radius 1 is 0.906 bits per heavy atom. The maximum atomic E-state index is 14.2. The Balaban J connectivity index is 2.56. The van der Waals surface area contributed by atoms with Gasteiger partial charge in [-0.1, -0.05) is 34.9 Å². The number of rotatable bonds is 9. The van der Waals surface area contributed by atoms with Crippen molar-refractivity contribution in [3.05, 3.63) is 34.9 Å². The SMILES string of the molecule is CC(C)=CCC1CC2(CC=C(C)C)CC(CCC(C)(C)O)C(=O)C(CC=C(C)C)(C1)C2=O. The van der Waals surface area contributed by atoms with Gasteiger partial charge in [0.1, 0.15) is 5.78 Å². The molecule has 3 heteroatoms. The molecule has 1 N–H and O–H groups in total. The van der Waals surface area contributed by atoms with Crippen LogP contribution in [0.3, 0.4) is 0 Å². The summed E-state index contributed by atoms with van der Waals surface area (Å²) < 4.78 is 0. The van der Waals surface area contributed by atoms with Gasteiger partial charge in [0.25, 0.3) is 0 Å². The molecule has 0 radical (unpaired) electrons. The minimum Gasteiger partial charge on any atom is -0.390 e. The molecule has 0 heterocycles. The van der Waals surface area contributed by atoms with E-state index < -0.39 is 16.4 Å². The quantitative estimate of drug-likeness (QED) is 0.305. The minimum atomic E-state index is -0.909. The van der Waals surface area contributed by atoms with Crippen molar-refractivity contribution in [2.24, 2.45) is 22.7 Å². The van der Waals surface area contributed by atoms with Gasteiger partial charge in [-0.05, 0) is 113 Å². The van der Waals surface area contributed by atoms with Crippen LogP contribution in [0.2, 0.25) is 0 Å². The lowest BCUT2D eigenvalue weighted by Crippen LogP contribution is -2.60. The maximum absolute atomic E-state index is 14.2. The molecule has 2 bridgehead atoms. The molecule has 32 heavy (non-hydrogen) atoms. The highest BCUT2D eigenvalue weighted by molar-refractivity contribution is 6.13. The van der Waals surface area contributed by atoms with Crippen molar-refractivity contribution in [3.8, 4) is 0 Å². The summed E-state index contributed by atoms with van der Waals surface area (Å²) in [5.41, 5.74) is 1.48. The fraction of sp³-hybridized carbons (Fsp3) is 0.724. The third-order valence-corrected chi connectivity index (χ3v) is 7.44. The highest BCUT2D eigenvalue weighted by atomic mass is 16.3. The highest BCUT2D eigenvalue weighted by Gasteiger charge is 2.63. The predicted molar refractivity (Wildman–Crippen MR) is 133 cm³/mol. The zero-order valence-electron chi connectivity index (χ0n) is 21.8. The third kappa shape index (κ3) is 6.31. The molecule has 2 fully saturated rings. The van der Waals surface area contributed by atoms with Gasteiger partial charge in [-0.15, -0.1) is 0 Å². The Kier molecular flexibility index (Phi) is 8.53. The number of ketones is 2. The van der Waals surface area contributed by atoms with Crippen molar-refractivity contribution in [1.29, 1.82) is 0 Å². The van der Waals surface area contributed by atoms with Gasteiger partial charge in [-0.2, -0.15) is 0 Å². The molecule has 2 saturated carbocycles. The summed E-state index contributed by atoms with van der Waals surface area (Å²) in [5.74, 6) is 0.523. The minimum absolute atomic E-state index is 0.138. The topological polar surface area (TPSA) is 54.4 Å². The van der Waals surface area contributed by atoms with Gasteiger partial charge in [-0.25, -0.2) is 0 Å². The van der Waals surface area contributed by atoms with Crippen LogP contribution in [0.25, 0.3) is 0 Å². The van der Waals surface area contributed by atoms with Crippen LogP contribution in [0.4, 0.5) is 0 Å². The number of aliphatic hydroxyl groups is 1. The van der Waals surface area contributed by atoms with Gasteiger partial charge < -0.3 is 5.11 Å². The van der Waals surface area contributed by atoms with E-state index in [1.54, 1.807) is 13.8 Å². The van der Waals surface area contributed by atoms with E-state index in [0.29, 0.717) is 38.0 Å². The van der Waals surface area contributed by atoms with Crippen LogP contribution in [0.15, 0.2) is 34.9 Å². The van der Waals surface area contributed by atoms with E-state index >= 15 is 0 Å². The van der Waals surface area contributed by atoms with Gasteiger partial charge in [-0.3, -0.25) is 9.59 Å². The van der Waals surface area contributed by atoms with Crippen molar-refractivity contribution >= 4 is 11.6 Å². The predicted octanol–water partition coefficient (Wildman–Crippen LogP) is 7.15. The first kappa shape index (κ1) is 26.8. The van der Waals surface area contributed by atoms with Crippen LogP contribution in [-0.2, 0) is 9.59 Å². The summed E-state index contributed by atoms with van der Waals surface area (Å²) in [6, 6.07) is 0. The lowest BCUT2D eigenvalue weighted by atomic mass is 9.46. The summed E-state index contributed by atoms with van der Waals surface area (Å²) >= 11 is 0. The number of carbonyl (C=O) groups is 2. The smallest absolute Gasteiger partial charge is 0.153 e. The van der Waals surface area contributed by atoms with Crippen LogP contribution in [0.5, 0.6) is 0 Å². The zero-order valence-corrected chi connectivity index (χ0v) is 21.8. The van der Waals surface area contributed by atoms with Crippen LogP contribution in [0, 0.1) is 22.7 Å². The van der Waals surface area contributed by atoms with E-state index in [9.17, 15) is 14.7 Å². The molecule has 3 nitrogen and oxygen atoms in total. The van der Waals surface area contributed by atoms with Crippen molar-refractivity contribution in [1.82, 2.24) is 0 Å². The summed E-state index contributed by atoms with van der Waals surface area (Å²) in [5, 5.41) is 10.3. The molecule has 0 aromatic rings. The molecule has 0 spiro atoms. The largest absolute Gasteiger partial charge is 0.390 e. The molecular weight excluding hydrogens is 396 g/mol. The lowest BCUT2D eigenvalue weighted by Gasteiger charge is -2.54. The van der Waals surface area contributed by atoms with Crippen LogP contribution < -0.4 is 0 Å². The second kappa shape index (κ2) is 10.2. The van der Waals surface area contributed by atoms with Gasteiger partial charge in [0, 0.05) is 11.3 Å². The van der Waals surface area contributed by atoms with E-state index in [1.807, 2.05) is 13.8 Å². The highest BCUT2D eigenvalue weighted by Crippen LogP contribution is 2.59. The van der Waals surface area contributed by atoms with E-state index in [4.69, 9.17) is 0 Å². The van der Waals surface area contributed by atoms with Crippen LogP contribution in [-0.4, -0.2) is 22.3 Å². The Hall–Kier alpha value is -1.48. The molecule has 0 aromatic carbocycles. The summed E-state index contributed by atoms with van der Waals surface area (Å²) in [6.07, 6.45) is 12.1. The van der Waals surface area contributed by atoms with Gasteiger partial charge in [0.15, 0.2) is 5.78 Å². The van der Waals surface area contributed by atoms with Crippen molar-refractivity contribution in [2.75, 3.05) is 0 Å². The molecule has 2 aliphatic carbocycles. The molecule has 0 aliphatic heterocycles. The first-order valence-electron chi connectivity index (χ1n) is 12.4. The zero-order chi connectivity index (χ0) is 24.3. The monoisotopic (exact) mass is 442 g/mol. The Morgan fingerprint density at radius 3 is 2.00 bits per heavy atom. The standard InChI is InChI=1S/C29H46O3/c1-20(2)9-10-23-17-28(15-11-21(3)4)19-24(13-14-27(7,8)32)25(30)29(18-23,26(28)31)16-12-22(5)6/h9,11-12,23-24,32H,10,13-19H2,1-8H3. The second-order valence-corrected chi connectivity index (χ2v) is 12.1. The number of carbonyl (C=O) groups excluding carboxylic acids is 2. The Bertz CT molecular complexity index is 795. The van der Waals surface area contributed by atoms with E-state index in [1.165, 1.54) is 11.1 Å². The van der Waals surface area contributed by atoms with Crippen LogP contribution in [0.1, 0.15) is 107 Å². The first-order valence-corrected chi connectivity index (χ1v) is 12.4. The number of Topliss-reactive ketones (excluding diaryl/α,β-unsaturated/α-hetero) is 2. The summed E-state index contributed by atoms with van der Waals surface area (Å²) in [6.45, 7) is 16.1. The number of fused-ring (bicyclic) bond motifs is 2. The van der Waals surface area contributed by atoms with E-state index in [0.717, 1.165) is 24.8 Å². The summed E-state index contributed by atoms with van der Waals surface area (Å²) in [7, 11) is 0. The first-order chi connectivity index (χ1) is 14.7. The number of hydrogen-bond acceptors (Lipinski definition) is 3. The third-order valence-electron chi connectivity index (χ3n) is 7.44. The normalized spacial score (nSPS) is 30.0. The van der Waals surface area contributed by atoms with Crippen LogP contribution >= 0.6 is 0 Å². The maximum Gasteiger partial charge on any atom is 0.153 e. The van der Waals surface area contributed by atoms with Gasteiger partial charge in [0.05, 0.1) is 11.0 Å². The Labute approximate surface area is 196 Å². The molecule has 0 saturated heterocycles.